The lowest BCUT2D eigenvalue weighted by molar-refractivity contribution is -0.422. The van der Waals surface area contributed by atoms with Crippen LogP contribution in [0.25, 0.3) is 11.4 Å². The molecular weight excluding hydrogens is 240 g/mol. The topological polar surface area (TPSA) is 112 Å². The minimum atomic E-state index is -0.824. The van der Waals surface area contributed by atoms with Gasteiger partial charge in [0.1, 0.15) is 0 Å². The highest BCUT2D eigenvalue weighted by Crippen LogP contribution is 2.34. The molecule has 0 N–H and O–H groups in total. The lowest BCUT2D eigenvalue weighted by Crippen LogP contribution is -2.01. The first-order chi connectivity index (χ1) is 8.61. The smallest absolute Gasteiger partial charge is 0.258 e. The molecule has 0 bridgehead atoms. The highest BCUT2D eigenvalue weighted by atomic mass is 16.6. The predicted molar refractivity (Wildman–Crippen MR) is 60.8 cm³/mol. The van der Waals surface area contributed by atoms with Crippen molar-refractivity contribution in [2.75, 3.05) is 0 Å². The van der Waals surface area contributed by atoms with Crippen LogP contribution in [0.5, 0.6) is 0 Å². The first kappa shape index (κ1) is 11.6. The van der Waals surface area contributed by atoms with Gasteiger partial charge in [-0.2, -0.15) is 0 Å². The van der Waals surface area contributed by atoms with Crippen LogP contribution in [0.4, 0.5) is 11.4 Å². The molecule has 0 amide bonds. The maximum absolute atomic E-state index is 11.0. The Bertz CT molecular complexity index is 615. The van der Waals surface area contributed by atoms with Crippen LogP contribution in [0.2, 0.25) is 0 Å². The molecule has 0 aliphatic heterocycles. The van der Waals surface area contributed by atoms with Crippen LogP contribution in [-0.4, -0.2) is 19.8 Å². The van der Waals surface area contributed by atoms with E-state index in [1.807, 2.05) is 0 Å². The Labute approximate surface area is 100 Å². The molecule has 90 valence electrons. The van der Waals surface area contributed by atoms with Crippen molar-refractivity contribution < 1.29 is 9.85 Å². The minimum absolute atomic E-state index is 0.116. The van der Waals surface area contributed by atoms with E-state index in [2.05, 4.69) is 9.97 Å². The summed E-state index contributed by atoms with van der Waals surface area (Å²) in [6, 6.07) is 5.74. The molecule has 0 unspecified atom stereocenters. The van der Waals surface area contributed by atoms with Gasteiger partial charge < -0.3 is 0 Å². The van der Waals surface area contributed by atoms with E-state index in [4.69, 9.17) is 0 Å². The lowest BCUT2D eigenvalue weighted by Gasteiger charge is -2.01. The van der Waals surface area contributed by atoms with Crippen molar-refractivity contribution in [1.29, 1.82) is 0 Å². The molecule has 0 aliphatic rings. The zero-order chi connectivity index (χ0) is 13.1. The molecule has 0 radical (unpaired) electrons. The molecule has 2 aromatic heterocycles. The van der Waals surface area contributed by atoms with Gasteiger partial charge in [0.15, 0.2) is 5.69 Å². The van der Waals surface area contributed by atoms with E-state index in [1.54, 1.807) is 12.1 Å². The van der Waals surface area contributed by atoms with Crippen molar-refractivity contribution >= 4 is 11.4 Å². The molecule has 2 aromatic rings. The molecule has 0 spiro atoms. The number of nitrogens with zero attached hydrogens (tertiary/aromatic N) is 4. The SMILES string of the molecule is O=[N+]([O-])c1ccnc(-c2ccccn2)c1[N+](=O)[O-]. The summed E-state index contributed by atoms with van der Waals surface area (Å²) < 4.78 is 0. The van der Waals surface area contributed by atoms with Crippen LogP contribution in [0, 0.1) is 20.2 Å². The quantitative estimate of drug-likeness (QED) is 0.604. The van der Waals surface area contributed by atoms with Crippen molar-refractivity contribution in [2.45, 2.75) is 0 Å². The second-order valence-corrected chi connectivity index (χ2v) is 3.26. The van der Waals surface area contributed by atoms with Gasteiger partial charge in [-0.1, -0.05) is 6.07 Å². The highest BCUT2D eigenvalue weighted by Gasteiger charge is 2.30. The molecule has 0 atom stereocenters. The summed E-state index contributed by atoms with van der Waals surface area (Å²) in [6.07, 6.45) is 2.58. The summed E-state index contributed by atoms with van der Waals surface area (Å²) in [5.74, 6) is 0. The summed E-state index contributed by atoms with van der Waals surface area (Å²) in [5.41, 5.74) is -1.15. The summed E-state index contributed by atoms with van der Waals surface area (Å²) >= 11 is 0. The normalized spacial score (nSPS) is 10.0. The molecule has 2 rings (SSSR count). The third-order valence-corrected chi connectivity index (χ3v) is 2.19. The summed E-state index contributed by atoms with van der Waals surface area (Å²) in [5, 5.41) is 21.7. The average molecular weight is 246 g/mol. The van der Waals surface area contributed by atoms with E-state index >= 15 is 0 Å². The largest absolute Gasteiger partial charge is 0.373 e. The van der Waals surface area contributed by atoms with Gasteiger partial charge in [0.25, 0.3) is 0 Å². The number of rotatable bonds is 3. The molecule has 2 heterocycles. The monoisotopic (exact) mass is 246 g/mol. The molecule has 0 saturated carbocycles. The molecule has 8 nitrogen and oxygen atoms in total. The van der Waals surface area contributed by atoms with Crippen molar-refractivity contribution in [3.05, 3.63) is 56.9 Å². The van der Waals surface area contributed by atoms with Gasteiger partial charge in [0.05, 0.1) is 15.5 Å². The Morgan fingerprint density at radius 1 is 0.944 bits per heavy atom. The second kappa shape index (κ2) is 4.53. The van der Waals surface area contributed by atoms with Crippen molar-refractivity contribution in [2.24, 2.45) is 0 Å². The van der Waals surface area contributed by atoms with Gasteiger partial charge in [0, 0.05) is 18.5 Å². The van der Waals surface area contributed by atoms with Gasteiger partial charge in [-0.15, -0.1) is 0 Å². The Balaban J connectivity index is 2.72. The third-order valence-electron chi connectivity index (χ3n) is 2.19. The van der Waals surface area contributed by atoms with Gasteiger partial charge in [-0.3, -0.25) is 25.2 Å². The van der Waals surface area contributed by atoms with E-state index in [1.165, 1.54) is 12.3 Å². The van der Waals surface area contributed by atoms with Crippen LogP contribution in [0.15, 0.2) is 36.7 Å². The van der Waals surface area contributed by atoms with E-state index < -0.39 is 21.2 Å². The average Bonchev–Trinajstić information content (AvgIpc) is 2.38. The fourth-order valence-electron chi connectivity index (χ4n) is 1.46. The molecular formula is C10H6N4O4. The van der Waals surface area contributed by atoms with E-state index in [9.17, 15) is 20.2 Å². The van der Waals surface area contributed by atoms with E-state index in [0.717, 1.165) is 12.3 Å². The van der Waals surface area contributed by atoms with Crippen LogP contribution in [0.1, 0.15) is 0 Å². The van der Waals surface area contributed by atoms with Crippen LogP contribution >= 0.6 is 0 Å². The number of hydrogen-bond acceptors (Lipinski definition) is 6. The standard InChI is InChI=1S/C10H6N4O4/c15-13(16)8-4-6-12-9(10(8)14(17)18)7-3-1-2-5-11-7/h1-6H. The molecule has 0 saturated heterocycles. The van der Waals surface area contributed by atoms with Gasteiger partial charge in [-0.05, 0) is 12.1 Å². The minimum Gasteiger partial charge on any atom is -0.258 e. The maximum atomic E-state index is 11.0. The number of aromatic nitrogens is 2. The number of pyridine rings is 2. The summed E-state index contributed by atoms with van der Waals surface area (Å²) in [4.78, 5) is 27.8. The van der Waals surface area contributed by atoms with Crippen LogP contribution < -0.4 is 0 Å². The summed E-state index contributed by atoms with van der Waals surface area (Å²) in [7, 11) is 0. The van der Waals surface area contributed by atoms with Crippen molar-refractivity contribution in [3.8, 4) is 11.4 Å². The fourth-order valence-corrected chi connectivity index (χ4v) is 1.46. The maximum Gasteiger partial charge on any atom is 0.373 e. The molecule has 0 aromatic carbocycles. The van der Waals surface area contributed by atoms with Crippen LogP contribution in [0.3, 0.4) is 0 Å². The Morgan fingerprint density at radius 2 is 1.72 bits per heavy atom. The van der Waals surface area contributed by atoms with Gasteiger partial charge >= 0.3 is 11.4 Å². The molecule has 18 heavy (non-hydrogen) atoms. The Kier molecular flexibility index (Phi) is 2.92. The fraction of sp³-hybridized carbons (Fsp3) is 0. The zero-order valence-electron chi connectivity index (χ0n) is 8.89. The van der Waals surface area contributed by atoms with Crippen molar-refractivity contribution in [3.63, 3.8) is 0 Å². The second-order valence-electron chi connectivity index (χ2n) is 3.26. The predicted octanol–water partition coefficient (Wildman–Crippen LogP) is 1.96. The Morgan fingerprint density at radius 3 is 2.28 bits per heavy atom. The summed E-state index contributed by atoms with van der Waals surface area (Å²) in [6.45, 7) is 0. The molecule has 8 heteroatoms. The number of hydrogen-bond donors (Lipinski definition) is 0. The van der Waals surface area contributed by atoms with Crippen molar-refractivity contribution in [1.82, 2.24) is 9.97 Å². The number of nitro groups is 2. The lowest BCUT2D eigenvalue weighted by atomic mass is 10.2. The van der Waals surface area contributed by atoms with E-state index in [0.29, 0.717) is 0 Å². The van der Waals surface area contributed by atoms with Gasteiger partial charge in [0.2, 0.25) is 0 Å². The van der Waals surface area contributed by atoms with E-state index in [-0.39, 0.29) is 11.4 Å². The highest BCUT2D eigenvalue weighted by molar-refractivity contribution is 5.73. The molecule has 0 fully saturated rings. The zero-order valence-corrected chi connectivity index (χ0v) is 8.89. The van der Waals surface area contributed by atoms with Gasteiger partial charge in [-0.25, -0.2) is 4.98 Å². The first-order valence-corrected chi connectivity index (χ1v) is 4.80. The third kappa shape index (κ3) is 1.98. The molecule has 0 aliphatic carbocycles. The van der Waals surface area contributed by atoms with Crippen LogP contribution in [-0.2, 0) is 0 Å². The Hall–Kier alpha value is -2.90. The first-order valence-electron chi connectivity index (χ1n) is 4.80.